The summed E-state index contributed by atoms with van der Waals surface area (Å²) in [4.78, 5) is 0. The van der Waals surface area contributed by atoms with Crippen molar-refractivity contribution in [2.45, 2.75) is 64.3 Å². The highest BCUT2D eigenvalue weighted by molar-refractivity contribution is 4.69. The predicted molar refractivity (Wildman–Crippen MR) is 58.9 cm³/mol. The van der Waals surface area contributed by atoms with E-state index in [-0.39, 0.29) is 0 Å². The molecule has 2 unspecified atom stereocenters. The Morgan fingerprint density at radius 3 is 2.31 bits per heavy atom. The van der Waals surface area contributed by atoms with Gasteiger partial charge in [0.2, 0.25) is 0 Å². The maximum Gasteiger partial charge on any atom is 0.00640 e. The van der Waals surface area contributed by atoms with Crippen molar-refractivity contribution in [3.63, 3.8) is 0 Å². The summed E-state index contributed by atoms with van der Waals surface area (Å²) >= 11 is 0. The highest BCUT2D eigenvalue weighted by Gasteiger charge is 2.12. The molecule has 0 heterocycles. The van der Waals surface area contributed by atoms with E-state index in [2.05, 4.69) is 19.3 Å². The fraction of sp³-hybridized carbons (Fsp3) is 1.00. The molecule has 0 aliphatic heterocycles. The number of rotatable bonds is 2. The Morgan fingerprint density at radius 1 is 1.00 bits per heavy atom. The zero-order chi connectivity index (χ0) is 9.52. The van der Waals surface area contributed by atoms with E-state index >= 15 is 0 Å². The van der Waals surface area contributed by atoms with E-state index in [1.807, 2.05) is 0 Å². The highest BCUT2D eigenvalue weighted by Crippen LogP contribution is 2.23. The van der Waals surface area contributed by atoms with E-state index in [1.54, 1.807) is 0 Å². The Kier molecular flexibility index (Phi) is 5.45. The fourth-order valence-electron chi connectivity index (χ4n) is 2.46. The predicted octanol–water partition coefficient (Wildman–Crippen LogP) is 3.34. The molecule has 1 N–H and O–H groups in total. The zero-order valence-corrected chi connectivity index (χ0v) is 9.31. The van der Waals surface area contributed by atoms with E-state index in [4.69, 9.17) is 0 Å². The lowest BCUT2D eigenvalue weighted by atomic mass is 9.95. The van der Waals surface area contributed by atoms with E-state index in [9.17, 15) is 0 Å². The quantitative estimate of drug-likeness (QED) is 0.692. The third-order valence-electron chi connectivity index (χ3n) is 3.57. The van der Waals surface area contributed by atoms with Gasteiger partial charge in [-0.3, -0.25) is 0 Å². The molecule has 1 nitrogen and oxygen atoms in total. The van der Waals surface area contributed by atoms with Crippen LogP contribution in [-0.4, -0.2) is 13.1 Å². The largest absolute Gasteiger partial charge is 0.317 e. The van der Waals surface area contributed by atoms with Crippen molar-refractivity contribution >= 4 is 0 Å². The van der Waals surface area contributed by atoms with Gasteiger partial charge < -0.3 is 5.32 Å². The second kappa shape index (κ2) is 6.42. The molecule has 0 bridgehead atoms. The third-order valence-corrected chi connectivity index (χ3v) is 3.57. The molecular weight excluding hydrogens is 158 g/mol. The third kappa shape index (κ3) is 4.12. The normalized spacial score (nSPS) is 31.8. The molecule has 78 valence electrons. The minimum Gasteiger partial charge on any atom is -0.317 e. The maximum absolute atomic E-state index is 3.43. The molecule has 0 amide bonds. The van der Waals surface area contributed by atoms with Gasteiger partial charge in [0.05, 0.1) is 0 Å². The monoisotopic (exact) mass is 183 g/mol. The fourth-order valence-corrected chi connectivity index (χ4v) is 2.46. The first kappa shape index (κ1) is 11.0. The molecule has 1 rings (SSSR count). The Morgan fingerprint density at radius 2 is 1.62 bits per heavy atom. The van der Waals surface area contributed by atoms with Crippen LogP contribution in [0.15, 0.2) is 0 Å². The van der Waals surface area contributed by atoms with Gasteiger partial charge >= 0.3 is 0 Å². The Labute approximate surface area is 83.3 Å². The van der Waals surface area contributed by atoms with Crippen molar-refractivity contribution in [1.29, 1.82) is 0 Å². The van der Waals surface area contributed by atoms with Gasteiger partial charge in [0.25, 0.3) is 0 Å². The maximum atomic E-state index is 3.43. The van der Waals surface area contributed by atoms with Gasteiger partial charge in [-0.25, -0.2) is 0 Å². The number of nitrogens with one attached hydrogen (secondary N) is 1. The number of hydrogen-bond donors (Lipinski definition) is 1. The molecule has 1 saturated carbocycles. The van der Waals surface area contributed by atoms with Gasteiger partial charge in [0.15, 0.2) is 0 Å². The Hall–Kier alpha value is -0.0400. The van der Waals surface area contributed by atoms with Crippen LogP contribution in [0.2, 0.25) is 0 Å². The van der Waals surface area contributed by atoms with E-state index in [0.29, 0.717) is 0 Å². The molecule has 1 fully saturated rings. The van der Waals surface area contributed by atoms with Crippen LogP contribution in [-0.2, 0) is 0 Å². The van der Waals surface area contributed by atoms with Gasteiger partial charge in [0.1, 0.15) is 0 Å². The molecule has 0 aromatic carbocycles. The average molecular weight is 183 g/mol. The summed E-state index contributed by atoms with van der Waals surface area (Å²) in [7, 11) is 2.11. The van der Waals surface area contributed by atoms with Crippen LogP contribution >= 0.6 is 0 Å². The minimum atomic E-state index is 0.801. The lowest BCUT2D eigenvalue weighted by Gasteiger charge is -2.14. The first-order valence-electron chi connectivity index (χ1n) is 6.04. The summed E-state index contributed by atoms with van der Waals surface area (Å²) in [5.74, 6) is 1.02. The summed E-state index contributed by atoms with van der Waals surface area (Å²) in [6, 6.07) is 0.801. The SMILES string of the molecule is CCC1CCCCC(NC)CCC1. The van der Waals surface area contributed by atoms with E-state index in [0.717, 1.165) is 12.0 Å². The summed E-state index contributed by atoms with van der Waals surface area (Å²) in [6.45, 7) is 2.35. The lowest BCUT2D eigenvalue weighted by molar-refractivity contribution is 0.411. The molecule has 13 heavy (non-hydrogen) atoms. The molecule has 0 radical (unpaired) electrons. The van der Waals surface area contributed by atoms with Crippen LogP contribution in [0.3, 0.4) is 0 Å². The van der Waals surface area contributed by atoms with E-state index < -0.39 is 0 Å². The van der Waals surface area contributed by atoms with Crippen LogP contribution in [0.5, 0.6) is 0 Å². The molecular formula is C12H25N. The van der Waals surface area contributed by atoms with Gasteiger partial charge in [-0.2, -0.15) is 0 Å². The lowest BCUT2D eigenvalue weighted by Crippen LogP contribution is -2.24. The van der Waals surface area contributed by atoms with Crippen molar-refractivity contribution in [3.8, 4) is 0 Å². The van der Waals surface area contributed by atoms with Crippen LogP contribution in [0.4, 0.5) is 0 Å². The topological polar surface area (TPSA) is 12.0 Å². The summed E-state index contributed by atoms with van der Waals surface area (Å²) < 4.78 is 0. The van der Waals surface area contributed by atoms with Crippen molar-refractivity contribution in [2.75, 3.05) is 7.05 Å². The van der Waals surface area contributed by atoms with Crippen molar-refractivity contribution in [3.05, 3.63) is 0 Å². The number of hydrogen-bond acceptors (Lipinski definition) is 1. The van der Waals surface area contributed by atoms with Crippen LogP contribution in [0, 0.1) is 5.92 Å². The van der Waals surface area contributed by atoms with Gasteiger partial charge in [-0.15, -0.1) is 0 Å². The van der Waals surface area contributed by atoms with Crippen LogP contribution < -0.4 is 5.32 Å². The van der Waals surface area contributed by atoms with Crippen molar-refractivity contribution in [1.82, 2.24) is 5.32 Å². The molecule has 1 aliphatic carbocycles. The first-order valence-corrected chi connectivity index (χ1v) is 6.04. The summed E-state index contributed by atoms with van der Waals surface area (Å²) in [5, 5.41) is 3.43. The molecule has 2 atom stereocenters. The average Bonchev–Trinajstić information content (AvgIpc) is 2.28. The highest BCUT2D eigenvalue weighted by atomic mass is 14.9. The van der Waals surface area contributed by atoms with Crippen LogP contribution in [0.25, 0.3) is 0 Å². The summed E-state index contributed by atoms with van der Waals surface area (Å²) in [5.41, 5.74) is 0. The summed E-state index contributed by atoms with van der Waals surface area (Å²) in [6.07, 6.45) is 11.5. The Balaban J connectivity index is 2.29. The van der Waals surface area contributed by atoms with Crippen LogP contribution in [0.1, 0.15) is 58.3 Å². The molecule has 0 aromatic rings. The standard InChI is InChI=1S/C12H25N/c1-3-11-7-4-5-9-12(13-2)10-6-8-11/h11-13H,3-10H2,1-2H3. The molecule has 1 heteroatoms. The van der Waals surface area contributed by atoms with E-state index in [1.165, 1.54) is 51.4 Å². The second-order valence-electron chi connectivity index (χ2n) is 4.48. The first-order chi connectivity index (χ1) is 6.36. The molecule has 1 aliphatic rings. The Bertz CT molecular complexity index is 108. The molecule has 0 spiro atoms. The minimum absolute atomic E-state index is 0.801. The van der Waals surface area contributed by atoms with Crippen molar-refractivity contribution in [2.24, 2.45) is 5.92 Å². The molecule has 0 saturated heterocycles. The smallest absolute Gasteiger partial charge is 0.00640 e. The van der Waals surface area contributed by atoms with Gasteiger partial charge in [-0.1, -0.05) is 45.4 Å². The molecule has 0 aromatic heterocycles. The zero-order valence-electron chi connectivity index (χ0n) is 9.31. The van der Waals surface area contributed by atoms with Gasteiger partial charge in [-0.05, 0) is 25.8 Å². The van der Waals surface area contributed by atoms with Crippen molar-refractivity contribution < 1.29 is 0 Å². The van der Waals surface area contributed by atoms with Gasteiger partial charge in [0, 0.05) is 6.04 Å². The second-order valence-corrected chi connectivity index (χ2v) is 4.48.